The molecule has 0 aliphatic carbocycles. The fourth-order valence-corrected chi connectivity index (χ4v) is 2.89. The number of nitrogens with zero attached hydrogens (tertiary/aromatic N) is 2. The van der Waals surface area contributed by atoms with E-state index in [0.29, 0.717) is 37.5 Å². The van der Waals surface area contributed by atoms with Gasteiger partial charge in [-0.2, -0.15) is 0 Å². The molecule has 7 heteroatoms. The van der Waals surface area contributed by atoms with Crippen LogP contribution in [0.2, 0.25) is 0 Å². The van der Waals surface area contributed by atoms with Crippen LogP contribution in [0, 0.1) is 0 Å². The second-order valence-electron chi connectivity index (χ2n) is 7.18. The molecule has 1 aromatic heterocycles. The summed E-state index contributed by atoms with van der Waals surface area (Å²) in [7, 11) is 1.57. The molecule has 0 saturated heterocycles. The zero-order valence-electron chi connectivity index (χ0n) is 15.0. The van der Waals surface area contributed by atoms with Crippen molar-refractivity contribution in [1.29, 1.82) is 0 Å². The van der Waals surface area contributed by atoms with E-state index in [9.17, 15) is 9.59 Å². The van der Waals surface area contributed by atoms with Crippen LogP contribution in [0.5, 0.6) is 5.88 Å². The van der Waals surface area contributed by atoms with Crippen molar-refractivity contribution in [2.24, 2.45) is 0 Å². The molecule has 3 rings (SSSR count). The second-order valence-corrected chi connectivity index (χ2v) is 7.18. The van der Waals surface area contributed by atoms with E-state index >= 15 is 0 Å². The lowest BCUT2D eigenvalue weighted by molar-refractivity contribution is -0.116. The lowest BCUT2D eigenvalue weighted by atomic mass is 10.0. The maximum Gasteiger partial charge on any atom is 0.410 e. The van der Waals surface area contributed by atoms with Crippen LogP contribution in [0.4, 0.5) is 10.5 Å². The van der Waals surface area contributed by atoms with Gasteiger partial charge in [0.25, 0.3) is 0 Å². The smallest absolute Gasteiger partial charge is 0.410 e. The SMILES string of the molecule is COc1nc(C2=CCN(C(=O)OC(C)(C)C)C2)cc2c1CCC(=O)N2. The first kappa shape index (κ1) is 17.3. The summed E-state index contributed by atoms with van der Waals surface area (Å²) in [5, 5.41) is 2.87. The Kier molecular flexibility index (Phi) is 4.41. The molecule has 0 aromatic carbocycles. The first-order chi connectivity index (χ1) is 11.8. The highest BCUT2D eigenvalue weighted by Gasteiger charge is 2.28. The summed E-state index contributed by atoms with van der Waals surface area (Å²) in [6, 6.07) is 1.85. The maximum atomic E-state index is 12.2. The minimum absolute atomic E-state index is 0.0116. The summed E-state index contributed by atoms with van der Waals surface area (Å²) in [5.74, 6) is 0.506. The van der Waals surface area contributed by atoms with Gasteiger partial charge in [-0.05, 0) is 38.8 Å². The number of anilines is 1. The van der Waals surface area contributed by atoms with Gasteiger partial charge >= 0.3 is 6.09 Å². The molecule has 0 radical (unpaired) electrons. The summed E-state index contributed by atoms with van der Waals surface area (Å²) in [5.41, 5.74) is 2.72. The van der Waals surface area contributed by atoms with Crippen LogP contribution < -0.4 is 10.1 Å². The van der Waals surface area contributed by atoms with Crippen LogP contribution >= 0.6 is 0 Å². The number of methoxy groups -OCH3 is 1. The molecular weight excluding hydrogens is 322 g/mol. The quantitative estimate of drug-likeness (QED) is 0.891. The maximum absolute atomic E-state index is 12.2. The highest BCUT2D eigenvalue weighted by atomic mass is 16.6. The Labute approximate surface area is 147 Å². The van der Waals surface area contributed by atoms with Gasteiger partial charge < -0.3 is 19.7 Å². The fraction of sp³-hybridized carbons (Fsp3) is 0.500. The van der Waals surface area contributed by atoms with Crippen molar-refractivity contribution in [2.45, 2.75) is 39.2 Å². The van der Waals surface area contributed by atoms with E-state index in [1.807, 2.05) is 32.9 Å². The van der Waals surface area contributed by atoms with Crippen molar-refractivity contribution in [1.82, 2.24) is 9.88 Å². The van der Waals surface area contributed by atoms with Crippen molar-refractivity contribution < 1.29 is 19.1 Å². The molecule has 7 nitrogen and oxygen atoms in total. The average Bonchev–Trinajstić information content (AvgIpc) is 3.02. The van der Waals surface area contributed by atoms with E-state index in [0.717, 1.165) is 16.8 Å². The molecule has 2 amide bonds. The van der Waals surface area contributed by atoms with Gasteiger partial charge in [0.2, 0.25) is 11.8 Å². The Hall–Kier alpha value is -2.57. The topological polar surface area (TPSA) is 80.8 Å². The third kappa shape index (κ3) is 3.75. The van der Waals surface area contributed by atoms with E-state index in [1.165, 1.54) is 0 Å². The standard InChI is InChI=1S/C18H23N3O4/c1-18(2,3)25-17(23)21-8-7-11(10-21)13-9-14-12(16(20-13)24-4)5-6-15(22)19-14/h7,9H,5-6,8,10H2,1-4H3,(H,19,22). The first-order valence-electron chi connectivity index (χ1n) is 8.32. The highest BCUT2D eigenvalue weighted by molar-refractivity contribution is 5.95. The molecule has 0 spiro atoms. The first-order valence-corrected chi connectivity index (χ1v) is 8.32. The largest absolute Gasteiger partial charge is 0.481 e. The minimum atomic E-state index is -0.530. The van der Waals surface area contributed by atoms with E-state index in [1.54, 1.807) is 12.0 Å². The average molecular weight is 345 g/mol. The van der Waals surface area contributed by atoms with Crippen LogP contribution in [-0.4, -0.2) is 47.7 Å². The monoisotopic (exact) mass is 345 g/mol. The van der Waals surface area contributed by atoms with Crippen LogP contribution in [0.1, 0.15) is 38.4 Å². The lowest BCUT2D eigenvalue weighted by Crippen LogP contribution is -2.35. The fourth-order valence-electron chi connectivity index (χ4n) is 2.89. The van der Waals surface area contributed by atoms with Gasteiger partial charge in [0, 0.05) is 18.5 Å². The Morgan fingerprint density at radius 3 is 2.76 bits per heavy atom. The van der Waals surface area contributed by atoms with E-state index in [-0.39, 0.29) is 12.0 Å². The third-order valence-electron chi connectivity index (χ3n) is 4.06. The lowest BCUT2D eigenvalue weighted by Gasteiger charge is -2.24. The van der Waals surface area contributed by atoms with Crippen molar-refractivity contribution in [3.8, 4) is 5.88 Å². The number of pyridine rings is 1. The highest BCUT2D eigenvalue weighted by Crippen LogP contribution is 2.33. The van der Waals surface area contributed by atoms with Crippen LogP contribution in [0.3, 0.4) is 0 Å². The zero-order valence-corrected chi connectivity index (χ0v) is 15.0. The summed E-state index contributed by atoms with van der Waals surface area (Å²) in [6.45, 7) is 6.41. The number of hydrogen-bond donors (Lipinski definition) is 1. The number of fused-ring (bicyclic) bond motifs is 1. The molecule has 3 heterocycles. The van der Waals surface area contributed by atoms with Crippen molar-refractivity contribution in [3.05, 3.63) is 23.4 Å². The van der Waals surface area contributed by atoms with Crippen LogP contribution in [0.25, 0.3) is 5.57 Å². The molecule has 1 aromatic rings. The number of amides is 2. The van der Waals surface area contributed by atoms with Gasteiger partial charge in [0.1, 0.15) is 5.60 Å². The van der Waals surface area contributed by atoms with Crippen molar-refractivity contribution in [2.75, 3.05) is 25.5 Å². The molecule has 0 unspecified atom stereocenters. The van der Waals surface area contributed by atoms with Crippen molar-refractivity contribution in [3.63, 3.8) is 0 Å². The van der Waals surface area contributed by atoms with Crippen molar-refractivity contribution >= 4 is 23.3 Å². The van der Waals surface area contributed by atoms with Crippen LogP contribution in [-0.2, 0) is 16.0 Å². The summed E-state index contributed by atoms with van der Waals surface area (Å²) < 4.78 is 10.8. The summed E-state index contributed by atoms with van der Waals surface area (Å²) in [4.78, 5) is 30.1. The number of nitrogens with one attached hydrogen (secondary N) is 1. The van der Waals surface area contributed by atoms with E-state index in [4.69, 9.17) is 9.47 Å². The number of hydrogen-bond acceptors (Lipinski definition) is 5. The molecule has 2 aliphatic heterocycles. The van der Waals surface area contributed by atoms with Gasteiger partial charge in [-0.25, -0.2) is 9.78 Å². The predicted octanol–water partition coefficient (Wildman–Crippen LogP) is 2.61. The van der Waals surface area contributed by atoms with Crippen LogP contribution in [0.15, 0.2) is 12.1 Å². The number of carbonyl (C=O) groups excluding carboxylic acids is 2. The Bertz CT molecular complexity index is 749. The zero-order chi connectivity index (χ0) is 18.2. The minimum Gasteiger partial charge on any atom is -0.481 e. The van der Waals surface area contributed by atoms with E-state index in [2.05, 4.69) is 10.3 Å². The van der Waals surface area contributed by atoms with Gasteiger partial charge in [0.15, 0.2) is 0 Å². The Morgan fingerprint density at radius 1 is 1.32 bits per heavy atom. The van der Waals surface area contributed by atoms with Gasteiger partial charge in [-0.15, -0.1) is 0 Å². The molecule has 0 atom stereocenters. The number of ether oxygens (including phenoxy) is 2. The van der Waals surface area contributed by atoms with E-state index < -0.39 is 5.60 Å². The van der Waals surface area contributed by atoms with Gasteiger partial charge in [-0.1, -0.05) is 6.08 Å². The molecule has 134 valence electrons. The number of aromatic nitrogens is 1. The van der Waals surface area contributed by atoms with Gasteiger partial charge in [0.05, 0.1) is 25.0 Å². The molecular formula is C18H23N3O4. The summed E-state index contributed by atoms with van der Waals surface area (Å²) in [6.07, 6.45) is 2.64. The second kappa shape index (κ2) is 6.38. The summed E-state index contributed by atoms with van der Waals surface area (Å²) >= 11 is 0. The predicted molar refractivity (Wildman–Crippen MR) is 93.5 cm³/mol. The number of rotatable bonds is 2. The number of carbonyl (C=O) groups is 2. The molecule has 25 heavy (non-hydrogen) atoms. The molecule has 0 bridgehead atoms. The Balaban J connectivity index is 1.80. The third-order valence-corrected chi connectivity index (χ3v) is 4.06. The van der Waals surface area contributed by atoms with Gasteiger partial charge in [-0.3, -0.25) is 4.79 Å². The Morgan fingerprint density at radius 2 is 2.08 bits per heavy atom. The molecule has 1 N–H and O–H groups in total. The normalized spacial score (nSPS) is 16.9. The molecule has 2 aliphatic rings. The molecule has 0 fully saturated rings. The molecule has 0 saturated carbocycles.